The summed E-state index contributed by atoms with van der Waals surface area (Å²) in [4.78, 5) is 5.99. The Morgan fingerprint density at radius 1 is 1.20 bits per heavy atom. The van der Waals surface area contributed by atoms with Crippen LogP contribution in [0.15, 0.2) is 40.2 Å². The smallest absolute Gasteiger partial charge is 0.191 e. The van der Waals surface area contributed by atoms with Gasteiger partial charge in [-0.05, 0) is 44.9 Å². The predicted molar refractivity (Wildman–Crippen MR) is 108 cm³/mol. The highest BCUT2D eigenvalue weighted by Crippen LogP contribution is 2.15. The van der Waals surface area contributed by atoms with Crippen molar-refractivity contribution in [2.24, 2.45) is 12.0 Å². The van der Waals surface area contributed by atoms with Crippen LogP contribution in [0.1, 0.15) is 23.9 Å². The maximum atomic E-state index is 4.69. The van der Waals surface area contributed by atoms with Crippen molar-refractivity contribution < 1.29 is 0 Å². The molecule has 6 heteroatoms. The highest BCUT2D eigenvalue weighted by molar-refractivity contribution is 7.99. The van der Waals surface area contributed by atoms with E-state index in [4.69, 9.17) is 4.99 Å². The molecule has 0 aliphatic carbocycles. The second-order valence-electron chi connectivity index (χ2n) is 5.87. The van der Waals surface area contributed by atoms with Crippen LogP contribution in [-0.4, -0.2) is 41.1 Å². The number of aromatic nitrogens is 2. The average molecular weight is 360 g/mol. The molecule has 0 amide bonds. The highest BCUT2D eigenvalue weighted by Gasteiger charge is 2.08. The molecule has 136 valence electrons. The lowest BCUT2D eigenvalue weighted by molar-refractivity contribution is 0.729. The molecular weight excluding hydrogens is 330 g/mol. The lowest BCUT2D eigenvalue weighted by atomic mass is 10.1. The molecule has 2 N–H and O–H groups in total. The molecule has 1 aromatic heterocycles. The molecule has 2 rings (SSSR count). The maximum absolute atomic E-state index is 4.69. The van der Waals surface area contributed by atoms with Gasteiger partial charge in [0.1, 0.15) is 0 Å². The van der Waals surface area contributed by atoms with Gasteiger partial charge in [-0.3, -0.25) is 9.67 Å². The van der Waals surface area contributed by atoms with Gasteiger partial charge in [-0.25, -0.2) is 0 Å². The summed E-state index contributed by atoms with van der Waals surface area (Å²) in [7, 11) is 1.99. The Morgan fingerprint density at radius 2 is 1.96 bits per heavy atom. The summed E-state index contributed by atoms with van der Waals surface area (Å²) in [5.74, 6) is 1.89. The molecule has 1 heterocycles. The Morgan fingerprint density at radius 3 is 2.60 bits per heavy atom. The molecule has 0 aliphatic heterocycles. The third kappa shape index (κ3) is 6.12. The van der Waals surface area contributed by atoms with Crippen molar-refractivity contribution >= 4 is 17.7 Å². The van der Waals surface area contributed by atoms with E-state index in [0.29, 0.717) is 0 Å². The largest absolute Gasteiger partial charge is 0.357 e. The van der Waals surface area contributed by atoms with Crippen molar-refractivity contribution in [3.8, 4) is 0 Å². The van der Waals surface area contributed by atoms with Crippen LogP contribution in [-0.2, 0) is 13.5 Å². The summed E-state index contributed by atoms with van der Waals surface area (Å²) in [6.45, 7) is 8.78. The number of aliphatic imine (C=N–C) groups is 1. The highest BCUT2D eigenvalue weighted by atomic mass is 32.2. The fourth-order valence-electron chi connectivity index (χ4n) is 2.66. The van der Waals surface area contributed by atoms with Crippen molar-refractivity contribution in [3.05, 3.63) is 47.3 Å². The topological polar surface area (TPSA) is 54.2 Å². The minimum absolute atomic E-state index is 0.758. The Hall–Kier alpha value is -1.95. The van der Waals surface area contributed by atoms with Crippen molar-refractivity contribution in [2.75, 3.05) is 25.4 Å². The number of hydrogen-bond acceptors (Lipinski definition) is 3. The Bertz CT molecular complexity index is 679. The standard InChI is InChI=1S/C19H29N5S/c1-5-20-19(22-13-14-25-17-9-7-6-8-10-17)21-12-11-18-15(2)23-24(4)16(18)3/h6-10H,5,11-14H2,1-4H3,(H2,20,21,22). The number of hydrogen-bond donors (Lipinski definition) is 2. The number of rotatable bonds is 8. The number of guanidine groups is 1. The molecule has 1 aromatic carbocycles. The second-order valence-corrected chi connectivity index (χ2v) is 7.04. The summed E-state index contributed by atoms with van der Waals surface area (Å²) >= 11 is 1.85. The first-order valence-electron chi connectivity index (χ1n) is 8.81. The quantitative estimate of drug-likeness (QED) is 0.329. The molecule has 0 aliphatic rings. The molecule has 5 nitrogen and oxygen atoms in total. The normalized spacial score (nSPS) is 11.6. The molecule has 0 bridgehead atoms. The summed E-state index contributed by atoms with van der Waals surface area (Å²) < 4.78 is 1.94. The Balaban J connectivity index is 1.79. The van der Waals surface area contributed by atoms with Crippen molar-refractivity contribution in [3.63, 3.8) is 0 Å². The second kappa shape index (κ2) is 10.1. The first kappa shape index (κ1) is 19.4. The van der Waals surface area contributed by atoms with E-state index in [9.17, 15) is 0 Å². The molecule has 0 fully saturated rings. The molecule has 2 aromatic rings. The van der Waals surface area contributed by atoms with Gasteiger partial charge in [0.15, 0.2) is 5.96 Å². The van der Waals surface area contributed by atoms with Crippen LogP contribution in [0.4, 0.5) is 0 Å². The van der Waals surface area contributed by atoms with Gasteiger partial charge in [-0.2, -0.15) is 5.10 Å². The minimum Gasteiger partial charge on any atom is -0.357 e. The first-order chi connectivity index (χ1) is 12.1. The lowest BCUT2D eigenvalue weighted by Crippen LogP contribution is -2.38. The molecular formula is C19H29N5S. The van der Waals surface area contributed by atoms with Gasteiger partial charge in [-0.1, -0.05) is 18.2 Å². The van der Waals surface area contributed by atoms with E-state index >= 15 is 0 Å². The Labute approximate surface area is 155 Å². The minimum atomic E-state index is 0.758. The Kier molecular flexibility index (Phi) is 7.85. The van der Waals surface area contributed by atoms with E-state index in [0.717, 1.165) is 43.5 Å². The van der Waals surface area contributed by atoms with Crippen molar-refractivity contribution in [1.29, 1.82) is 0 Å². The summed E-state index contributed by atoms with van der Waals surface area (Å²) in [6.07, 6.45) is 0.918. The van der Waals surface area contributed by atoms with E-state index < -0.39 is 0 Å². The van der Waals surface area contributed by atoms with Gasteiger partial charge in [0, 0.05) is 43.0 Å². The maximum Gasteiger partial charge on any atom is 0.191 e. The van der Waals surface area contributed by atoms with E-state index in [1.165, 1.54) is 16.2 Å². The van der Waals surface area contributed by atoms with Gasteiger partial charge in [0.05, 0.1) is 5.69 Å². The van der Waals surface area contributed by atoms with E-state index in [1.54, 1.807) is 0 Å². The molecule has 0 spiro atoms. The van der Waals surface area contributed by atoms with Gasteiger partial charge in [0.2, 0.25) is 0 Å². The van der Waals surface area contributed by atoms with Crippen LogP contribution in [0.3, 0.4) is 0 Å². The fraction of sp³-hybridized carbons (Fsp3) is 0.474. The van der Waals surface area contributed by atoms with E-state index in [-0.39, 0.29) is 0 Å². The lowest BCUT2D eigenvalue weighted by Gasteiger charge is -2.11. The van der Waals surface area contributed by atoms with Gasteiger partial charge in [0.25, 0.3) is 0 Å². The monoisotopic (exact) mass is 359 g/mol. The summed E-state index contributed by atoms with van der Waals surface area (Å²) in [5, 5.41) is 11.2. The van der Waals surface area contributed by atoms with Crippen molar-refractivity contribution in [2.45, 2.75) is 32.1 Å². The number of nitrogens with one attached hydrogen (secondary N) is 2. The molecule has 0 saturated heterocycles. The zero-order valence-corrected chi connectivity index (χ0v) is 16.5. The zero-order valence-electron chi connectivity index (χ0n) is 15.7. The molecule has 0 unspecified atom stereocenters. The zero-order chi connectivity index (χ0) is 18.1. The van der Waals surface area contributed by atoms with Crippen LogP contribution >= 0.6 is 11.8 Å². The van der Waals surface area contributed by atoms with Crippen LogP contribution < -0.4 is 10.6 Å². The number of nitrogens with zero attached hydrogens (tertiary/aromatic N) is 3. The fourth-order valence-corrected chi connectivity index (χ4v) is 3.44. The van der Waals surface area contributed by atoms with Crippen LogP contribution in [0.5, 0.6) is 0 Å². The van der Waals surface area contributed by atoms with Gasteiger partial charge < -0.3 is 10.6 Å². The van der Waals surface area contributed by atoms with Crippen LogP contribution in [0.2, 0.25) is 0 Å². The number of thioether (sulfide) groups is 1. The SMILES string of the molecule is CCNC(=NCCc1c(C)nn(C)c1C)NCCSc1ccccc1. The molecule has 0 atom stereocenters. The van der Waals surface area contributed by atoms with Gasteiger partial charge >= 0.3 is 0 Å². The van der Waals surface area contributed by atoms with E-state index in [1.807, 2.05) is 29.6 Å². The summed E-state index contributed by atoms with van der Waals surface area (Å²) in [5.41, 5.74) is 3.64. The first-order valence-corrected chi connectivity index (χ1v) is 9.79. The van der Waals surface area contributed by atoms with Crippen molar-refractivity contribution in [1.82, 2.24) is 20.4 Å². The van der Waals surface area contributed by atoms with Crippen LogP contribution in [0, 0.1) is 13.8 Å². The summed E-state index contributed by atoms with van der Waals surface area (Å²) in [6, 6.07) is 10.5. The average Bonchev–Trinajstić information content (AvgIpc) is 2.85. The molecule has 0 radical (unpaired) electrons. The number of aryl methyl sites for hydroxylation is 2. The third-order valence-corrected chi connectivity index (χ3v) is 5.06. The molecule has 25 heavy (non-hydrogen) atoms. The van der Waals surface area contributed by atoms with Gasteiger partial charge in [-0.15, -0.1) is 11.8 Å². The molecule has 0 saturated carbocycles. The predicted octanol–water partition coefficient (Wildman–Crippen LogP) is 2.93. The van der Waals surface area contributed by atoms with E-state index in [2.05, 4.69) is 60.8 Å². The third-order valence-electron chi connectivity index (χ3n) is 4.04. The van der Waals surface area contributed by atoms with Crippen LogP contribution in [0.25, 0.3) is 0 Å². The number of benzene rings is 1.